The van der Waals surface area contributed by atoms with Crippen molar-refractivity contribution in [3.8, 4) is 0 Å². The normalized spacial score (nSPS) is 14.5. The third-order valence-electron chi connectivity index (χ3n) is 7.81. The fourth-order valence-corrected chi connectivity index (χ4v) is 5.66. The molecule has 0 aromatic carbocycles. The van der Waals surface area contributed by atoms with Crippen LogP contribution in [0.5, 0.6) is 0 Å². The largest absolute Gasteiger partial charge is 0.472 e. The van der Waals surface area contributed by atoms with E-state index in [1.807, 2.05) is 0 Å². The molecule has 0 aromatic rings. The zero-order valence-corrected chi connectivity index (χ0v) is 31.3. The second kappa shape index (κ2) is 32.6. The first-order chi connectivity index (χ1) is 23.1. The number of ether oxygens (including phenoxy) is 2. The maximum atomic E-state index is 12.5. The molecule has 0 amide bonds. The van der Waals surface area contributed by atoms with Gasteiger partial charge in [0.25, 0.3) is 0 Å². The summed E-state index contributed by atoms with van der Waals surface area (Å²) in [5.74, 6) is -0.203. The standard InChI is InChI=1S/C37H69O10P/c1-4-5-6-7-8-9-10-11-12-13-14-15-18-22-25-28-37(41)47-35(32-46-48(42,43)45-30-34(39)29-38)31-44-36(40)27-24-21-19-16-17-20-23-26-33(2)3/h9-12,33-35,38-39H,4-8,13-32H2,1-3H3,(H,42,43)/b10-9-,12-11-/t34-,35+/m0/s1. The number of unbranched alkanes of at least 4 members (excludes halogenated alkanes) is 15. The molecule has 0 radical (unpaired) electrons. The highest BCUT2D eigenvalue weighted by Gasteiger charge is 2.27. The smallest absolute Gasteiger partial charge is 0.462 e. The van der Waals surface area contributed by atoms with Crippen LogP contribution < -0.4 is 0 Å². The molecule has 3 N–H and O–H groups in total. The highest BCUT2D eigenvalue weighted by molar-refractivity contribution is 7.47. The number of esters is 2. The van der Waals surface area contributed by atoms with Gasteiger partial charge in [-0.05, 0) is 44.4 Å². The molecule has 0 saturated carbocycles. The van der Waals surface area contributed by atoms with Gasteiger partial charge in [0.05, 0.1) is 19.8 Å². The van der Waals surface area contributed by atoms with Crippen molar-refractivity contribution in [2.24, 2.45) is 5.92 Å². The summed E-state index contributed by atoms with van der Waals surface area (Å²) in [6.07, 6.45) is 27.4. The predicted molar refractivity (Wildman–Crippen MR) is 191 cm³/mol. The molecule has 0 spiro atoms. The van der Waals surface area contributed by atoms with Crippen LogP contribution in [0.15, 0.2) is 24.3 Å². The Bertz CT molecular complexity index is 876. The molecule has 48 heavy (non-hydrogen) atoms. The van der Waals surface area contributed by atoms with Gasteiger partial charge in [-0.3, -0.25) is 18.6 Å². The summed E-state index contributed by atoms with van der Waals surface area (Å²) < 4.78 is 32.5. The van der Waals surface area contributed by atoms with E-state index in [2.05, 4.69) is 49.6 Å². The van der Waals surface area contributed by atoms with Crippen LogP contribution in [0.1, 0.15) is 156 Å². The predicted octanol–water partition coefficient (Wildman–Crippen LogP) is 8.91. The molecule has 3 atom stereocenters. The SMILES string of the molecule is CCCCCC/C=C\C=C/CCCCCCCC(=O)O[C@H](COC(=O)CCCCCCCCCC(C)C)COP(=O)(O)OC[C@@H](O)CO. The first-order valence-electron chi connectivity index (χ1n) is 18.7. The van der Waals surface area contributed by atoms with E-state index >= 15 is 0 Å². The zero-order valence-electron chi connectivity index (χ0n) is 30.4. The van der Waals surface area contributed by atoms with Gasteiger partial charge < -0.3 is 24.6 Å². The topological polar surface area (TPSA) is 149 Å². The number of hydrogen-bond donors (Lipinski definition) is 3. The lowest BCUT2D eigenvalue weighted by Crippen LogP contribution is -2.29. The molecule has 10 nitrogen and oxygen atoms in total. The second-order valence-corrected chi connectivity index (χ2v) is 14.6. The van der Waals surface area contributed by atoms with Crippen molar-refractivity contribution in [1.29, 1.82) is 0 Å². The lowest BCUT2D eigenvalue weighted by Gasteiger charge is -2.20. The van der Waals surface area contributed by atoms with Gasteiger partial charge in [0.2, 0.25) is 0 Å². The first kappa shape index (κ1) is 46.5. The monoisotopic (exact) mass is 704 g/mol. The van der Waals surface area contributed by atoms with Gasteiger partial charge in [0.1, 0.15) is 12.7 Å². The van der Waals surface area contributed by atoms with E-state index in [4.69, 9.17) is 19.1 Å². The van der Waals surface area contributed by atoms with E-state index in [1.54, 1.807) is 0 Å². The van der Waals surface area contributed by atoms with Gasteiger partial charge in [-0.15, -0.1) is 0 Å². The van der Waals surface area contributed by atoms with Crippen LogP contribution in [0.25, 0.3) is 0 Å². The Labute approximate surface area is 291 Å². The van der Waals surface area contributed by atoms with Crippen molar-refractivity contribution < 1.29 is 47.8 Å². The number of rotatable bonds is 34. The van der Waals surface area contributed by atoms with E-state index in [0.717, 1.165) is 63.7 Å². The van der Waals surface area contributed by atoms with Crippen LogP contribution in [0.3, 0.4) is 0 Å². The van der Waals surface area contributed by atoms with E-state index in [-0.39, 0.29) is 19.4 Å². The fraction of sp³-hybridized carbons (Fsp3) is 0.838. The van der Waals surface area contributed by atoms with Crippen molar-refractivity contribution in [2.75, 3.05) is 26.4 Å². The summed E-state index contributed by atoms with van der Waals surface area (Å²) in [5.41, 5.74) is 0. The van der Waals surface area contributed by atoms with Gasteiger partial charge in [-0.2, -0.15) is 0 Å². The van der Waals surface area contributed by atoms with Crippen molar-refractivity contribution in [2.45, 2.75) is 168 Å². The quantitative estimate of drug-likeness (QED) is 0.0257. The lowest BCUT2D eigenvalue weighted by molar-refractivity contribution is -0.161. The van der Waals surface area contributed by atoms with E-state index < -0.39 is 51.8 Å². The number of hydrogen-bond acceptors (Lipinski definition) is 9. The third-order valence-corrected chi connectivity index (χ3v) is 8.77. The number of aliphatic hydroxyl groups is 2. The minimum Gasteiger partial charge on any atom is -0.462 e. The van der Waals surface area contributed by atoms with Crippen molar-refractivity contribution in [1.82, 2.24) is 0 Å². The van der Waals surface area contributed by atoms with Crippen LogP contribution in [-0.2, 0) is 32.7 Å². The molecule has 0 saturated heterocycles. The summed E-state index contributed by atoms with van der Waals surface area (Å²) in [5, 5.41) is 18.2. The fourth-order valence-electron chi connectivity index (χ4n) is 4.87. The third kappa shape index (κ3) is 33.0. The molecule has 0 bridgehead atoms. The molecule has 0 aliphatic heterocycles. The Kier molecular flexibility index (Phi) is 31.6. The highest BCUT2D eigenvalue weighted by atomic mass is 31.2. The summed E-state index contributed by atoms with van der Waals surface area (Å²) in [6, 6.07) is 0. The van der Waals surface area contributed by atoms with Crippen LogP contribution >= 0.6 is 7.82 Å². The Balaban J connectivity index is 4.42. The number of allylic oxidation sites excluding steroid dienone is 4. The number of carbonyl (C=O) groups excluding carboxylic acids is 2. The van der Waals surface area contributed by atoms with Crippen molar-refractivity contribution >= 4 is 19.8 Å². The van der Waals surface area contributed by atoms with Crippen LogP contribution in [0.2, 0.25) is 0 Å². The average Bonchev–Trinajstić information content (AvgIpc) is 3.05. The molecule has 0 aliphatic rings. The number of carbonyl (C=O) groups is 2. The lowest BCUT2D eigenvalue weighted by atomic mass is 10.0. The molecule has 0 aliphatic carbocycles. The summed E-state index contributed by atoms with van der Waals surface area (Å²) in [4.78, 5) is 34.7. The maximum Gasteiger partial charge on any atom is 0.472 e. The van der Waals surface area contributed by atoms with Gasteiger partial charge in [0, 0.05) is 12.8 Å². The van der Waals surface area contributed by atoms with Crippen molar-refractivity contribution in [3.63, 3.8) is 0 Å². The summed E-state index contributed by atoms with van der Waals surface area (Å²) in [6.45, 7) is 4.57. The Hall–Kier alpha value is -1.55. The molecule has 0 aromatic heterocycles. The van der Waals surface area contributed by atoms with Gasteiger partial charge in [-0.1, -0.05) is 129 Å². The molecule has 0 rings (SSSR count). The van der Waals surface area contributed by atoms with Crippen molar-refractivity contribution in [3.05, 3.63) is 24.3 Å². The second-order valence-electron chi connectivity index (χ2n) is 13.1. The first-order valence-corrected chi connectivity index (χ1v) is 20.2. The van der Waals surface area contributed by atoms with Gasteiger partial charge in [0.15, 0.2) is 6.10 Å². The molecule has 11 heteroatoms. The number of phosphoric acid groups is 1. The molecule has 1 unspecified atom stereocenters. The van der Waals surface area contributed by atoms with Crippen LogP contribution in [-0.4, -0.2) is 65.7 Å². The average molecular weight is 705 g/mol. The molecule has 0 heterocycles. The van der Waals surface area contributed by atoms with Gasteiger partial charge in [-0.25, -0.2) is 4.57 Å². The summed E-state index contributed by atoms with van der Waals surface area (Å²) >= 11 is 0. The van der Waals surface area contributed by atoms with E-state index in [0.29, 0.717) is 12.8 Å². The Morgan fingerprint density at radius 1 is 0.688 bits per heavy atom. The zero-order chi connectivity index (χ0) is 35.7. The number of aliphatic hydroxyl groups excluding tert-OH is 2. The highest BCUT2D eigenvalue weighted by Crippen LogP contribution is 2.43. The number of phosphoric ester groups is 1. The molecule has 282 valence electrons. The van der Waals surface area contributed by atoms with E-state index in [1.165, 1.54) is 51.4 Å². The molecular weight excluding hydrogens is 635 g/mol. The molecule has 0 fully saturated rings. The molecular formula is C37H69O10P. The minimum absolute atomic E-state index is 0.168. The minimum atomic E-state index is -4.61. The summed E-state index contributed by atoms with van der Waals surface area (Å²) in [7, 11) is -4.61. The van der Waals surface area contributed by atoms with E-state index in [9.17, 15) is 24.2 Å². The Morgan fingerprint density at radius 2 is 1.19 bits per heavy atom. The Morgan fingerprint density at radius 3 is 1.75 bits per heavy atom. The van der Waals surface area contributed by atoms with Gasteiger partial charge >= 0.3 is 19.8 Å². The van der Waals surface area contributed by atoms with Crippen LogP contribution in [0.4, 0.5) is 0 Å². The van der Waals surface area contributed by atoms with Crippen LogP contribution in [0, 0.1) is 5.92 Å². The maximum absolute atomic E-state index is 12.5.